The first kappa shape index (κ1) is 19.4. The van der Waals surface area contributed by atoms with Gasteiger partial charge in [-0.1, -0.05) is 78.1 Å². The average molecular weight is 309 g/mol. The molecule has 0 amide bonds. The fourth-order valence-corrected chi connectivity index (χ4v) is 3.38. The molecule has 0 spiro atoms. The molecule has 1 unspecified atom stereocenters. The maximum Gasteiger partial charge on any atom is 0.100 e. The van der Waals surface area contributed by atoms with E-state index in [1.807, 2.05) is 0 Å². The van der Waals surface area contributed by atoms with Gasteiger partial charge in [0, 0.05) is 26.0 Å². The Morgan fingerprint density at radius 1 is 0.682 bits per heavy atom. The van der Waals surface area contributed by atoms with E-state index in [0.29, 0.717) is 6.17 Å². The zero-order chi connectivity index (χ0) is 16.0. The molecule has 1 aliphatic heterocycles. The van der Waals surface area contributed by atoms with E-state index < -0.39 is 0 Å². The topological polar surface area (TPSA) is 6.48 Å². The summed E-state index contributed by atoms with van der Waals surface area (Å²) in [4.78, 5) is 4.94. The fourth-order valence-electron chi connectivity index (χ4n) is 3.38. The second-order valence-corrected chi connectivity index (χ2v) is 7.01. The summed E-state index contributed by atoms with van der Waals surface area (Å²) < 4.78 is 0. The molecule has 1 aliphatic rings. The Bertz CT molecular complexity index is 275. The highest BCUT2D eigenvalue weighted by molar-refractivity contribution is 4.95. The number of unbranched alkanes of at least 4 members (excludes halogenated alkanes) is 10. The Kier molecular flexibility index (Phi) is 11.3. The van der Waals surface area contributed by atoms with Gasteiger partial charge in [0.05, 0.1) is 0 Å². The minimum absolute atomic E-state index is 0.624. The monoisotopic (exact) mass is 308 g/mol. The maximum atomic E-state index is 2.56. The predicted molar refractivity (Wildman–Crippen MR) is 98.8 cm³/mol. The SMILES string of the molecule is CCCCCCCCCCCCN1C=CN(C)C1CCCC. The van der Waals surface area contributed by atoms with E-state index in [1.54, 1.807) is 0 Å². The second kappa shape index (κ2) is 12.8. The summed E-state index contributed by atoms with van der Waals surface area (Å²) >= 11 is 0. The van der Waals surface area contributed by atoms with Crippen molar-refractivity contribution in [3.63, 3.8) is 0 Å². The van der Waals surface area contributed by atoms with Gasteiger partial charge in [-0.3, -0.25) is 0 Å². The van der Waals surface area contributed by atoms with Crippen LogP contribution >= 0.6 is 0 Å². The highest BCUT2D eigenvalue weighted by Gasteiger charge is 2.21. The summed E-state index contributed by atoms with van der Waals surface area (Å²) in [6.07, 6.45) is 23.4. The smallest absolute Gasteiger partial charge is 0.100 e. The Hall–Kier alpha value is -0.660. The average Bonchev–Trinajstić information content (AvgIpc) is 2.87. The first-order valence-corrected chi connectivity index (χ1v) is 9.95. The molecule has 0 radical (unpaired) electrons. The number of hydrogen-bond acceptors (Lipinski definition) is 2. The lowest BCUT2D eigenvalue weighted by Gasteiger charge is -2.30. The molecule has 0 N–H and O–H groups in total. The summed E-state index contributed by atoms with van der Waals surface area (Å²) in [6, 6.07) is 0. The first-order valence-electron chi connectivity index (χ1n) is 9.95. The molecule has 0 fully saturated rings. The molecule has 1 heterocycles. The molecule has 0 aromatic carbocycles. The summed E-state index contributed by atoms with van der Waals surface area (Å²) in [7, 11) is 2.22. The van der Waals surface area contributed by atoms with Gasteiger partial charge >= 0.3 is 0 Å². The van der Waals surface area contributed by atoms with E-state index in [0.717, 1.165) is 0 Å². The third kappa shape index (κ3) is 8.10. The van der Waals surface area contributed by atoms with Crippen LogP contribution < -0.4 is 0 Å². The van der Waals surface area contributed by atoms with E-state index in [1.165, 1.54) is 90.0 Å². The molecule has 0 saturated heterocycles. The van der Waals surface area contributed by atoms with Crippen molar-refractivity contribution in [3.05, 3.63) is 12.4 Å². The minimum atomic E-state index is 0.624. The lowest BCUT2D eigenvalue weighted by molar-refractivity contribution is 0.160. The molecule has 2 nitrogen and oxygen atoms in total. The highest BCUT2D eigenvalue weighted by atomic mass is 15.4. The lowest BCUT2D eigenvalue weighted by atomic mass is 10.1. The fraction of sp³-hybridized carbons (Fsp3) is 0.900. The zero-order valence-electron chi connectivity index (χ0n) is 15.5. The van der Waals surface area contributed by atoms with Crippen molar-refractivity contribution in [2.24, 2.45) is 0 Å². The Balaban J connectivity index is 1.96. The van der Waals surface area contributed by atoms with Crippen molar-refractivity contribution >= 4 is 0 Å². The third-order valence-corrected chi connectivity index (χ3v) is 4.93. The van der Waals surface area contributed by atoms with Crippen LogP contribution in [0, 0.1) is 0 Å². The maximum absolute atomic E-state index is 2.56. The molecule has 0 bridgehead atoms. The molecule has 22 heavy (non-hydrogen) atoms. The van der Waals surface area contributed by atoms with Crippen LogP contribution in [0.15, 0.2) is 12.4 Å². The molecule has 0 aliphatic carbocycles. The van der Waals surface area contributed by atoms with E-state index >= 15 is 0 Å². The molecule has 1 rings (SSSR count). The number of nitrogens with zero attached hydrogens (tertiary/aromatic N) is 2. The molecule has 1 atom stereocenters. The molecule has 0 aromatic heterocycles. The lowest BCUT2D eigenvalue weighted by Crippen LogP contribution is -2.36. The Morgan fingerprint density at radius 3 is 1.82 bits per heavy atom. The minimum Gasteiger partial charge on any atom is -0.359 e. The van der Waals surface area contributed by atoms with Crippen LogP contribution in [0.25, 0.3) is 0 Å². The summed E-state index contributed by atoms with van der Waals surface area (Å²) in [5.41, 5.74) is 0. The quantitative estimate of drug-likeness (QED) is 0.355. The van der Waals surface area contributed by atoms with Crippen LogP contribution in [0.5, 0.6) is 0 Å². The van der Waals surface area contributed by atoms with Gasteiger partial charge in [-0.25, -0.2) is 0 Å². The van der Waals surface area contributed by atoms with Crippen LogP contribution in [-0.2, 0) is 0 Å². The van der Waals surface area contributed by atoms with Crippen LogP contribution in [-0.4, -0.2) is 29.6 Å². The van der Waals surface area contributed by atoms with Crippen LogP contribution in [0.1, 0.15) is 97.3 Å². The summed E-state index contributed by atoms with van der Waals surface area (Å²) in [5.74, 6) is 0. The van der Waals surface area contributed by atoms with E-state index in [9.17, 15) is 0 Å². The Labute approximate surface area is 139 Å². The third-order valence-electron chi connectivity index (χ3n) is 4.93. The highest BCUT2D eigenvalue weighted by Crippen LogP contribution is 2.20. The van der Waals surface area contributed by atoms with E-state index in [4.69, 9.17) is 0 Å². The van der Waals surface area contributed by atoms with Crippen molar-refractivity contribution in [1.82, 2.24) is 9.80 Å². The van der Waals surface area contributed by atoms with Crippen molar-refractivity contribution in [2.45, 2.75) is 103 Å². The van der Waals surface area contributed by atoms with Crippen LogP contribution in [0.2, 0.25) is 0 Å². The predicted octanol–water partition coefficient (Wildman–Crippen LogP) is 6.14. The van der Waals surface area contributed by atoms with Gasteiger partial charge in [0.15, 0.2) is 0 Å². The van der Waals surface area contributed by atoms with Gasteiger partial charge in [-0.15, -0.1) is 0 Å². The number of hydrogen-bond donors (Lipinski definition) is 0. The molecule has 2 heteroatoms. The van der Waals surface area contributed by atoms with Gasteiger partial charge < -0.3 is 9.80 Å². The van der Waals surface area contributed by atoms with Crippen LogP contribution in [0.3, 0.4) is 0 Å². The second-order valence-electron chi connectivity index (χ2n) is 7.01. The van der Waals surface area contributed by atoms with Crippen molar-refractivity contribution in [3.8, 4) is 0 Å². The molecular weight excluding hydrogens is 268 g/mol. The zero-order valence-corrected chi connectivity index (χ0v) is 15.5. The number of rotatable bonds is 14. The van der Waals surface area contributed by atoms with E-state index in [-0.39, 0.29) is 0 Å². The van der Waals surface area contributed by atoms with Gasteiger partial charge in [-0.05, 0) is 19.3 Å². The van der Waals surface area contributed by atoms with Gasteiger partial charge in [-0.2, -0.15) is 0 Å². The van der Waals surface area contributed by atoms with Gasteiger partial charge in [0.2, 0.25) is 0 Å². The van der Waals surface area contributed by atoms with Crippen LogP contribution in [0.4, 0.5) is 0 Å². The van der Waals surface area contributed by atoms with Gasteiger partial charge in [0.1, 0.15) is 6.17 Å². The van der Waals surface area contributed by atoms with E-state index in [2.05, 4.69) is 43.1 Å². The standard InChI is InChI=1S/C20H40N2/c1-4-6-8-9-10-11-12-13-14-15-17-22-19-18-21(3)20(22)16-7-5-2/h18-20H,4-17H2,1-3H3. The molecule has 130 valence electrons. The molecule has 0 saturated carbocycles. The summed E-state index contributed by atoms with van der Waals surface area (Å²) in [6.45, 7) is 5.82. The molecule has 0 aromatic rings. The molecular formula is C20H40N2. The largest absolute Gasteiger partial charge is 0.359 e. The summed E-state index contributed by atoms with van der Waals surface area (Å²) in [5, 5.41) is 0. The van der Waals surface area contributed by atoms with Crippen molar-refractivity contribution in [2.75, 3.05) is 13.6 Å². The first-order chi connectivity index (χ1) is 10.8. The normalized spacial score (nSPS) is 17.7. The van der Waals surface area contributed by atoms with Crippen molar-refractivity contribution < 1.29 is 0 Å². The Morgan fingerprint density at radius 2 is 1.23 bits per heavy atom. The van der Waals surface area contributed by atoms with Gasteiger partial charge in [0.25, 0.3) is 0 Å². The van der Waals surface area contributed by atoms with Crippen molar-refractivity contribution in [1.29, 1.82) is 0 Å².